The topological polar surface area (TPSA) is 75.7 Å². The average Bonchev–Trinajstić information content (AvgIpc) is 2.65. The van der Waals surface area contributed by atoms with Crippen LogP contribution in [0.25, 0.3) is 0 Å². The normalized spacial score (nSPS) is 17.2. The monoisotopic (exact) mass is 346 g/mol. The molecule has 0 bridgehead atoms. The van der Waals surface area contributed by atoms with E-state index in [2.05, 4.69) is 10.1 Å². The zero-order chi connectivity index (χ0) is 18.1. The molecule has 25 heavy (non-hydrogen) atoms. The highest BCUT2D eigenvalue weighted by Crippen LogP contribution is 2.18. The number of piperidine rings is 1. The fraction of sp³-hybridized carbons (Fsp3) is 0.526. The first-order valence-electron chi connectivity index (χ1n) is 8.76. The van der Waals surface area contributed by atoms with Gasteiger partial charge in [0.25, 0.3) is 0 Å². The minimum atomic E-state index is -0.274. The molecule has 1 aromatic rings. The number of hydrogen-bond acceptors (Lipinski definition) is 4. The van der Waals surface area contributed by atoms with Crippen LogP contribution in [0.5, 0.6) is 0 Å². The van der Waals surface area contributed by atoms with Crippen molar-refractivity contribution in [2.75, 3.05) is 26.7 Å². The van der Waals surface area contributed by atoms with Crippen LogP contribution in [0, 0.1) is 5.92 Å². The maximum Gasteiger partial charge on any atom is 0.305 e. The lowest BCUT2D eigenvalue weighted by atomic mass is 9.96. The van der Waals surface area contributed by atoms with Crippen LogP contribution in [0.4, 0.5) is 0 Å². The molecule has 0 aliphatic carbocycles. The lowest BCUT2D eigenvalue weighted by Crippen LogP contribution is -2.46. The Morgan fingerprint density at radius 3 is 2.76 bits per heavy atom. The van der Waals surface area contributed by atoms with Gasteiger partial charge in [0.15, 0.2) is 0 Å². The molecule has 0 spiro atoms. The number of methoxy groups -OCH3 is 1. The number of benzene rings is 1. The Hall–Kier alpha value is -2.37. The van der Waals surface area contributed by atoms with Gasteiger partial charge in [-0.15, -0.1) is 0 Å². The smallest absolute Gasteiger partial charge is 0.305 e. The van der Waals surface area contributed by atoms with E-state index >= 15 is 0 Å². The molecule has 1 atom stereocenters. The third-order valence-electron chi connectivity index (χ3n) is 4.47. The molecule has 1 fully saturated rings. The second kappa shape index (κ2) is 9.81. The third kappa shape index (κ3) is 6.21. The average molecular weight is 346 g/mol. The highest BCUT2D eigenvalue weighted by molar-refractivity contribution is 5.83. The molecule has 2 amide bonds. The number of likely N-dealkylation sites (tertiary alicyclic amines) is 1. The maximum atomic E-state index is 12.3. The van der Waals surface area contributed by atoms with Gasteiger partial charge in [0.05, 0.1) is 13.0 Å². The molecule has 136 valence electrons. The predicted molar refractivity (Wildman–Crippen MR) is 93.7 cm³/mol. The van der Waals surface area contributed by atoms with Gasteiger partial charge in [-0.2, -0.15) is 0 Å². The quantitative estimate of drug-likeness (QED) is 0.572. The van der Waals surface area contributed by atoms with Crippen molar-refractivity contribution in [2.45, 2.75) is 32.1 Å². The van der Waals surface area contributed by atoms with E-state index in [1.54, 1.807) is 4.90 Å². The molecule has 0 aromatic heterocycles. The maximum absolute atomic E-state index is 12.3. The summed E-state index contributed by atoms with van der Waals surface area (Å²) in [7, 11) is 1.35. The molecular weight excluding hydrogens is 320 g/mol. The van der Waals surface area contributed by atoms with E-state index < -0.39 is 0 Å². The van der Waals surface area contributed by atoms with E-state index in [1.165, 1.54) is 12.7 Å². The fourth-order valence-corrected chi connectivity index (χ4v) is 2.94. The van der Waals surface area contributed by atoms with E-state index in [0.29, 0.717) is 45.3 Å². The molecule has 0 saturated carbocycles. The first-order valence-corrected chi connectivity index (χ1v) is 8.76. The number of carbonyl (C=O) groups is 3. The summed E-state index contributed by atoms with van der Waals surface area (Å²) < 4.78 is 4.57. The second-order valence-corrected chi connectivity index (χ2v) is 6.28. The van der Waals surface area contributed by atoms with E-state index in [0.717, 1.165) is 6.42 Å². The van der Waals surface area contributed by atoms with Crippen LogP contribution >= 0.6 is 0 Å². The zero-order valence-electron chi connectivity index (χ0n) is 14.7. The number of amides is 2. The van der Waals surface area contributed by atoms with Crippen LogP contribution < -0.4 is 5.32 Å². The molecule has 1 aliphatic heterocycles. The standard InChI is InChI=1S/C19H26N2O4/c1-25-18(23)8-5-12-20-19(24)16-9-10-17(22)21(14-16)13-11-15-6-3-2-4-7-15/h2-4,6-7,16H,5,8-14H2,1H3,(H,20,24). The Morgan fingerprint density at radius 2 is 2.04 bits per heavy atom. The third-order valence-corrected chi connectivity index (χ3v) is 4.47. The summed E-state index contributed by atoms with van der Waals surface area (Å²) in [5, 5.41) is 2.86. The molecule has 1 heterocycles. The SMILES string of the molecule is COC(=O)CCCNC(=O)C1CCC(=O)N(CCc2ccccc2)C1. The van der Waals surface area contributed by atoms with Crippen molar-refractivity contribution < 1.29 is 19.1 Å². The first-order chi connectivity index (χ1) is 12.1. The minimum Gasteiger partial charge on any atom is -0.469 e. The van der Waals surface area contributed by atoms with Gasteiger partial charge in [0.1, 0.15) is 0 Å². The fourth-order valence-electron chi connectivity index (χ4n) is 2.94. The molecular formula is C19H26N2O4. The molecule has 1 saturated heterocycles. The molecule has 0 radical (unpaired) electrons. The van der Waals surface area contributed by atoms with Gasteiger partial charge < -0.3 is 15.0 Å². The Labute approximate surface area is 148 Å². The molecule has 6 heteroatoms. The largest absolute Gasteiger partial charge is 0.469 e. The van der Waals surface area contributed by atoms with E-state index in [9.17, 15) is 14.4 Å². The Morgan fingerprint density at radius 1 is 1.28 bits per heavy atom. The lowest BCUT2D eigenvalue weighted by Gasteiger charge is -2.32. The van der Waals surface area contributed by atoms with Gasteiger partial charge in [-0.3, -0.25) is 14.4 Å². The number of carbonyl (C=O) groups excluding carboxylic acids is 3. The molecule has 6 nitrogen and oxygen atoms in total. The number of nitrogens with one attached hydrogen (secondary N) is 1. The molecule has 1 N–H and O–H groups in total. The number of esters is 1. The van der Waals surface area contributed by atoms with Gasteiger partial charge in [-0.1, -0.05) is 30.3 Å². The van der Waals surface area contributed by atoms with Crippen LogP contribution in [0.15, 0.2) is 30.3 Å². The van der Waals surface area contributed by atoms with Crippen molar-refractivity contribution in [2.24, 2.45) is 5.92 Å². The Kier molecular flexibility index (Phi) is 7.44. The summed E-state index contributed by atoms with van der Waals surface area (Å²) in [6.07, 6.45) is 2.64. The van der Waals surface area contributed by atoms with Crippen LogP contribution in [-0.2, 0) is 25.5 Å². The minimum absolute atomic E-state index is 0.0397. The van der Waals surface area contributed by atoms with E-state index in [4.69, 9.17) is 0 Å². The van der Waals surface area contributed by atoms with Gasteiger partial charge >= 0.3 is 5.97 Å². The number of hydrogen-bond donors (Lipinski definition) is 1. The summed E-state index contributed by atoms with van der Waals surface area (Å²) in [6, 6.07) is 10.0. The first kappa shape index (κ1) is 19.0. The molecule has 1 aliphatic rings. The Balaban J connectivity index is 1.75. The summed E-state index contributed by atoms with van der Waals surface area (Å²) in [5.74, 6) is -0.371. The van der Waals surface area contributed by atoms with Crippen LogP contribution in [0.3, 0.4) is 0 Å². The van der Waals surface area contributed by atoms with Crippen molar-refractivity contribution in [3.63, 3.8) is 0 Å². The number of ether oxygens (including phenoxy) is 1. The Bertz CT molecular complexity index is 588. The van der Waals surface area contributed by atoms with Crippen molar-refractivity contribution >= 4 is 17.8 Å². The second-order valence-electron chi connectivity index (χ2n) is 6.28. The predicted octanol–water partition coefficient (Wildman–Crippen LogP) is 1.54. The van der Waals surface area contributed by atoms with Gasteiger partial charge in [-0.05, 0) is 24.8 Å². The van der Waals surface area contributed by atoms with Gasteiger partial charge in [0.2, 0.25) is 11.8 Å². The van der Waals surface area contributed by atoms with E-state index in [-0.39, 0.29) is 23.7 Å². The van der Waals surface area contributed by atoms with Crippen molar-refractivity contribution in [3.05, 3.63) is 35.9 Å². The number of rotatable bonds is 8. The van der Waals surface area contributed by atoms with Gasteiger partial charge in [-0.25, -0.2) is 0 Å². The highest BCUT2D eigenvalue weighted by atomic mass is 16.5. The van der Waals surface area contributed by atoms with E-state index in [1.807, 2.05) is 30.3 Å². The molecule has 1 unspecified atom stereocenters. The summed E-state index contributed by atoms with van der Waals surface area (Å²) in [6.45, 7) is 1.55. The molecule has 1 aromatic carbocycles. The lowest BCUT2D eigenvalue weighted by molar-refractivity contribution is -0.141. The summed E-state index contributed by atoms with van der Waals surface area (Å²) in [5.41, 5.74) is 1.18. The highest BCUT2D eigenvalue weighted by Gasteiger charge is 2.29. The number of nitrogens with zero attached hydrogens (tertiary/aromatic N) is 1. The van der Waals surface area contributed by atoms with Crippen LogP contribution in [-0.4, -0.2) is 49.4 Å². The summed E-state index contributed by atoms with van der Waals surface area (Å²) in [4.78, 5) is 37.2. The van der Waals surface area contributed by atoms with Crippen molar-refractivity contribution in [3.8, 4) is 0 Å². The zero-order valence-corrected chi connectivity index (χ0v) is 14.7. The summed E-state index contributed by atoms with van der Waals surface area (Å²) >= 11 is 0. The molecule has 2 rings (SSSR count). The van der Waals surface area contributed by atoms with Crippen molar-refractivity contribution in [1.82, 2.24) is 10.2 Å². The van der Waals surface area contributed by atoms with Gasteiger partial charge in [0, 0.05) is 32.5 Å². The van der Waals surface area contributed by atoms with Crippen LogP contribution in [0.1, 0.15) is 31.2 Å². The van der Waals surface area contributed by atoms with Crippen LogP contribution in [0.2, 0.25) is 0 Å². The van der Waals surface area contributed by atoms with Crippen molar-refractivity contribution in [1.29, 1.82) is 0 Å².